The van der Waals surface area contributed by atoms with Crippen molar-refractivity contribution in [3.05, 3.63) is 80.5 Å². The first kappa shape index (κ1) is 24.6. The maximum absolute atomic E-state index is 13.9. The lowest BCUT2D eigenvalue weighted by atomic mass is 9.97. The molecule has 0 unspecified atom stereocenters. The Bertz CT molecular complexity index is 1770. The number of aryl methyl sites for hydroxylation is 3. The van der Waals surface area contributed by atoms with Crippen LogP contribution in [0.25, 0.3) is 21.7 Å². The summed E-state index contributed by atoms with van der Waals surface area (Å²) in [5.41, 5.74) is 4.11. The Morgan fingerprint density at radius 2 is 1.76 bits per heavy atom. The second kappa shape index (κ2) is 9.85. The van der Waals surface area contributed by atoms with Gasteiger partial charge in [0.25, 0.3) is 5.56 Å². The quantitative estimate of drug-likeness (QED) is 0.233. The van der Waals surface area contributed by atoms with Crippen LogP contribution in [0.5, 0.6) is 0 Å². The van der Waals surface area contributed by atoms with Crippen LogP contribution in [-0.2, 0) is 17.6 Å². The van der Waals surface area contributed by atoms with Gasteiger partial charge in [-0.25, -0.2) is 8.97 Å². The van der Waals surface area contributed by atoms with E-state index in [0.717, 1.165) is 52.7 Å². The van der Waals surface area contributed by atoms with Gasteiger partial charge in [0.1, 0.15) is 4.83 Å². The lowest BCUT2D eigenvalue weighted by Crippen LogP contribution is -2.22. The van der Waals surface area contributed by atoms with Crippen LogP contribution in [0.2, 0.25) is 0 Å². The number of thiophene rings is 1. The number of anilines is 1. The Balaban J connectivity index is 1.39. The van der Waals surface area contributed by atoms with Gasteiger partial charge in [-0.2, -0.15) is 0 Å². The highest BCUT2D eigenvalue weighted by Gasteiger charge is 2.25. The molecule has 1 N–H and O–H groups in total. The van der Waals surface area contributed by atoms with Gasteiger partial charge in [-0.05, 0) is 81.5 Å². The Morgan fingerprint density at radius 1 is 1.03 bits per heavy atom. The number of nitrogens with one attached hydrogen (secondary N) is 1. The largest absolute Gasteiger partial charge is 0.325 e. The number of benzene rings is 2. The number of hydrogen-bond donors (Lipinski definition) is 1. The molecule has 0 saturated heterocycles. The lowest BCUT2D eigenvalue weighted by Gasteiger charge is -2.12. The maximum atomic E-state index is 13.9. The fourth-order valence-electron chi connectivity index (χ4n) is 4.85. The number of nitrogens with zero attached hydrogens (tertiary/aromatic N) is 4. The zero-order valence-electron chi connectivity index (χ0n) is 21.0. The summed E-state index contributed by atoms with van der Waals surface area (Å²) in [6.07, 6.45) is 4.04. The number of thioether (sulfide) groups is 1. The van der Waals surface area contributed by atoms with Gasteiger partial charge in [-0.1, -0.05) is 29.5 Å². The molecule has 38 heavy (non-hydrogen) atoms. The van der Waals surface area contributed by atoms with Crippen LogP contribution >= 0.6 is 23.1 Å². The number of fused-ring (bicyclic) bond motifs is 5. The fourth-order valence-corrected chi connectivity index (χ4v) is 7.02. The normalized spacial score (nSPS) is 13.1. The SMILES string of the molecule is CC(=O)c1ccc(NC(=O)CSc2nnc3n(-c4ccc(C)cc4)c(=O)c4c5c(sc4n23)CCCC5)cc1. The van der Waals surface area contributed by atoms with Gasteiger partial charge in [-0.3, -0.25) is 14.4 Å². The molecule has 2 aromatic carbocycles. The van der Waals surface area contributed by atoms with Crippen LogP contribution in [0.1, 0.15) is 46.1 Å². The molecule has 1 aliphatic carbocycles. The summed E-state index contributed by atoms with van der Waals surface area (Å²) in [6, 6.07) is 14.6. The molecule has 6 rings (SSSR count). The first-order valence-corrected chi connectivity index (χ1v) is 14.3. The number of carbonyl (C=O) groups excluding carboxylic acids is 2. The molecule has 3 aromatic heterocycles. The second-order valence-corrected chi connectivity index (χ2v) is 11.5. The predicted octanol–water partition coefficient (Wildman–Crippen LogP) is 5.22. The maximum Gasteiger partial charge on any atom is 0.268 e. The van der Waals surface area contributed by atoms with E-state index in [4.69, 9.17) is 0 Å². The average molecular weight is 544 g/mol. The van der Waals surface area contributed by atoms with E-state index in [1.807, 2.05) is 35.6 Å². The van der Waals surface area contributed by atoms with Crippen LogP contribution in [0.4, 0.5) is 5.69 Å². The summed E-state index contributed by atoms with van der Waals surface area (Å²) in [7, 11) is 0. The van der Waals surface area contributed by atoms with E-state index in [1.54, 1.807) is 40.2 Å². The Hall–Kier alpha value is -3.76. The van der Waals surface area contributed by atoms with Crippen molar-refractivity contribution < 1.29 is 9.59 Å². The molecule has 8 nitrogen and oxygen atoms in total. The van der Waals surface area contributed by atoms with Crippen LogP contribution < -0.4 is 10.9 Å². The topological polar surface area (TPSA) is 98.4 Å². The standard InChI is InChI=1S/C28H25N5O3S2/c1-16-7-13-20(14-8-16)32-25(36)24-21-5-3-4-6-22(21)38-26(24)33-27(32)30-31-28(33)37-15-23(35)29-19-11-9-18(10-12-19)17(2)34/h7-14H,3-6,15H2,1-2H3,(H,29,35). The summed E-state index contributed by atoms with van der Waals surface area (Å²) in [4.78, 5) is 40.2. The monoisotopic (exact) mass is 543 g/mol. The van der Waals surface area contributed by atoms with E-state index in [0.29, 0.717) is 22.2 Å². The van der Waals surface area contributed by atoms with Gasteiger partial charge in [0.2, 0.25) is 11.7 Å². The van der Waals surface area contributed by atoms with E-state index in [9.17, 15) is 14.4 Å². The first-order chi connectivity index (χ1) is 18.4. The van der Waals surface area contributed by atoms with E-state index < -0.39 is 0 Å². The Labute approximate surface area is 226 Å². The summed E-state index contributed by atoms with van der Waals surface area (Å²) < 4.78 is 3.57. The van der Waals surface area contributed by atoms with Gasteiger partial charge in [0.05, 0.1) is 16.8 Å². The van der Waals surface area contributed by atoms with E-state index in [-0.39, 0.29) is 23.0 Å². The van der Waals surface area contributed by atoms with Crippen molar-refractivity contribution in [3.63, 3.8) is 0 Å². The Kier molecular flexibility index (Phi) is 6.37. The zero-order chi connectivity index (χ0) is 26.4. The van der Waals surface area contributed by atoms with Crippen molar-refractivity contribution in [2.75, 3.05) is 11.1 Å². The number of Topliss-reactive ketones (excluding diaryl/α,β-unsaturated/α-hetero) is 1. The molecule has 0 saturated carbocycles. The highest BCUT2D eigenvalue weighted by atomic mass is 32.2. The third-order valence-electron chi connectivity index (χ3n) is 6.79. The van der Waals surface area contributed by atoms with Crippen molar-refractivity contribution >= 4 is 56.5 Å². The van der Waals surface area contributed by atoms with Crippen LogP contribution in [0.3, 0.4) is 0 Å². The molecule has 0 fully saturated rings. The molecule has 1 aliphatic rings. The highest BCUT2D eigenvalue weighted by Crippen LogP contribution is 2.36. The number of carbonyl (C=O) groups is 2. The van der Waals surface area contributed by atoms with Crippen LogP contribution in [0.15, 0.2) is 58.5 Å². The summed E-state index contributed by atoms with van der Waals surface area (Å²) in [5, 5.41) is 13.0. The summed E-state index contributed by atoms with van der Waals surface area (Å²) in [5.74, 6) is 0.331. The molecule has 0 aliphatic heterocycles. The number of amides is 1. The van der Waals surface area contributed by atoms with Gasteiger partial charge < -0.3 is 5.32 Å². The van der Waals surface area contributed by atoms with Crippen LogP contribution in [0, 0.1) is 6.92 Å². The van der Waals surface area contributed by atoms with Crippen molar-refractivity contribution in [1.29, 1.82) is 0 Å². The molecule has 1 amide bonds. The average Bonchev–Trinajstić information content (AvgIpc) is 3.50. The highest BCUT2D eigenvalue weighted by molar-refractivity contribution is 7.99. The first-order valence-electron chi connectivity index (χ1n) is 12.5. The minimum atomic E-state index is -0.198. The van der Waals surface area contributed by atoms with Crippen molar-refractivity contribution in [3.8, 4) is 5.69 Å². The third kappa shape index (κ3) is 4.33. The fraction of sp³-hybridized carbons (Fsp3) is 0.250. The van der Waals surface area contributed by atoms with Crippen LogP contribution in [-0.4, -0.2) is 36.6 Å². The van der Waals surface area contributed by atoms with Gasteiger partial charge >= 0.3 is 0 Å². The summed E-state index contributed by atoms with van der Waals surface area (Å²) in [6.45, 7) is 3.52. The number of rotatable bonds is 6. The molecule has 0 bridgehead atoms. The molecule has 5 aromatic rings. The molecular weight excluding hydrogens is 518 g/mol. The number of ketones is 1. The van der Waals surface area contributed by atoms with Crippen molar-refractivity contribution in [1.82, 2.24) is 19.2 Å². The number of hydrogen-bond acceptors (Lipinski definition) is 7. The van der Waals surface area contributed by atoms with Gasteiger partial charge in [-0.15, -0.1) is 21.5 Å². The molecule has 0 atom stereocenters. The molecule has 10 heteroatoms. The third-order valence-corrected chi connectivity index (χ3v) is 8.99. The minimum Gasteiger partial charge on any atom is -0.325 e. The van der Waals surface area contributed by atoms with Crippen molar-refractivity contribution in [2.45, 2.75) is 44.7 Å². The van der Waals surface area contributed by atoms with E-state index in [1.165, 1.54) is 23.6 Å². The minimum absolute atomic E-state index is 0.0252. The van der Waals surface area contributed by atoms with E-state index >= 15 is 0 Å². The predicted molar refractivity (Wildman–Crippen MR) is 151 cm³/mol. The van der Waals surface area contributed by atoms with E-state index in [2.05, 4.69) is 15.5 Å². The molecule has 0 spiro atoms. The number of aromatic nitrogens is 4. The van der Waals surface area contributed by atoms with Gasteiger partial charge in [0.15, 0.2) is 10.9 Å². The lowest BCUT2D eigenvalue weighted by molar-refractivity contribution is -0.113. The van der Waals surface area contributed by atoms with Crippen molar-refractivity contribution in [2.24, 2.45) is 0 Å². The molecule has 192 valence electrons. The second-order valence-electron chi connectivity index (χ2n) is 9.46. The molecular formula is C28H25N5O3S2. The smallest absolute Gasteiger partial charge is 0.268 e. The van der Waals surface area contributed by atoms with Gasteiger partial charge in [0, 0.05) is 16.1 Å². The molecule has 3 heterocycles. The Morgan fingerprint density at radius 3 is 2.50 bits per heavy atom. The zero-order valence-corrected chi connectivity index (χ0v) is 22.6. The summed E-state index contributed by atoms with van der Waals surface area (Å²) >= 11 is 2.92. The molecule has 0 radical (unpaired) electrons.